The molecule has 12 nitrogen and oxygen atoms in total. The molecule has 0 saturated carbocycles. The molecule has 0 atom stereocenters. The van der Waals surface area contributed by atoms with E-state index in [1.165, 1.54) is 12.1 Å². The molecule has 3 aromatic rings. The number of anilines is 1. The predicted molar refractivity (Wildman–Crippen MR) is 132 cm³/mol. The van der Waals surface area contributed by atoms with Crippen LogP contribution >= 0.6 is 0 Å². The number of benzene rings is 2. The van der Waals surface area contributed by atoms with Gasteiger partial charge >= 0.3 is 0 Å². The first-order valence-corrected chi connectivity index (χ1v) is 13.9. The zero-order valence-corrected chi connectivity index (χ0v) is 20.4. The third kappa shape index (κ3) is 4.62. The van der Waals surface area contributed by atoms with Crippen molar-refractivity contribution in [1.82, 2.24) is 14.9 Å². The number of para-hydroxylation sites is 1. The molecular weight excluding hydrogens is 494 g/mol. The zero-order valence-electron chi connectivity index (χ0n) is 18.7. The summed E-state index contributed by atoms with van der Waals surface area (Å²) in [5.41, 5.74) is 12.9. The topological polar surface area (TPSA) is 222 Å². The summed E-state index contributed by atoms with van der Waals surface area (Å²) in [4.78, 5) is 7.86. The molecule has 0 unspecified atom stereocenters. The monoisotopic (exact) mass is 521 g/mol. The molecule has 35 heavy (non-hydrogen) atoms. The maximum Gasteiger partial charge on any atom is 0.240 e. The summed E-state index contributed by atoms with van der Waals surface area (Å²) in [6.45, 7) is 1.28. The van der Waals surface area contributed by atoms with Crippen LogP contribution in [0.3, 0.4) is 0 Å². The van der Waals surface area contributed by atoms with Crippen molar-refractivity contribution < 1.29 is 21.9 Å². The highest BCUT2D eigenvalue weighted by Gasteiger charge is 2.37. The van der Waals surface area contributed by atoms with Gasteiger partial charge in [-0.05, 0) is 43.6 Å². The van der Waals surface area contributed by atoms with E-state index in [0.717, 1.165) is 0 Å². The van der Waals surface area contributed by atoms with E-state index < -0.39 is 40.7 Å². The van der Waals surface area contributed by atoms with Gasteiger partial charge in [0.05, 0.1) is 27.8 Å². The van der Waals surface area contributed by atoms with Crippen LogP contribution in [0.4, 0.5) is 5.95 Å². The van der Waals surface area contributed by atoms with Gasteiger partial charge in [-0.25, -0.2) is 27.0 Å². The van der Waals surface area contributed by atoms with Gasteiger partial charge in [-0.15, -0.1) is 0 Å². The molecule has 0 aliphatic carbocycles. The number of aliphatic hydroxyl groups excluding tert-OH is 1. The van der Waals surface area contributed by atoms with Crippen LogP contribution in [0.1, 0.15) is 18.4 Å². The SMILES string of the molecule is N=C(N)c1c(-c2cccc3[nH]c(N)nc23)ccc(S(=O)(=O)C2CCN(CCO)CC2)c1S(N)(=O)=O. The summed E-state index contributed by atoms with van der Waals surface area (Å²) < 4.78 is 52.8. The second kappa shape index (κ2) is 9.20. The normalized spacial score (nSPS) is 16.1. The van der Waals surface area contributed by atoms with Crippen LogP contribution in [-0.2, 0) is 19.9 Å². The maximum absolute atomic E-state index is 13.6. The minimum atomic E-state index is -4.63. The molecule has 2 heterocycles. The molecule has 1 aromatic heterocycles. The second-order valence-corrected chi connectivity index (χ2v) is 12.1. The number of nitrogens with zero attached hydrogens (tertiary/aromatic N) is 2. The Balaban J connectivity index is 1.93. The van der Waals surface area contributed by atoms with Gasteiger partial charge in [-0.3, -0.25) is 5.41 Å². The summed E-state index contributed by atoms with van der Waals surface area (Å²) in [5.74, 6) is -0.519. The van der Waals surface area contributed by atoms with Gasteiger partial charge in [0.1, 0.15) is 10.7 Å². The van der Waals surface area contributed by atoms with Crippen molar-refractivity contribution in [3.05, 3.63) is 35.9 Å². The van der Waals surface area contributed by atoms with Crippen molar-refractivity contribution in [2.75, 3.05) is 32.0 Å². The molecule has 2 aromatic carbocycles. The fraction of sp³-hybridized carbons (Fsp3) is 0.333. The van der Waals surface area contributed by atoms with Gasteiger partial charge in [0.2, 0.25) is 10.0 Å². The number of aromatic amines is 1. The molecule has 188 valence electrons. The van der Waals surface area contributed by atoms with Crippen molar-refractivity contribution in [2.24, 2.45) is 10.9 Å². The van der Waals surface area contributed by atoms with Crippen molar-refractivity contribution in [3.8, 4) is 11.1 Å². The number of sulfone groups is 1. The molecule has 1 saturated heterocycles. The quantitative estimate of drug-likeness (QED) is 0.181. The van der Waals surface area contributed by atoms with Gasteiger partial charge < -0.3 is 26.5 Å². The Bertz CT molecular complexity index is 1510. The highest BCUT2D eigenvalue weighted by atomic mass is 32.2. The maximum atomic E-state index is 13.6. The van der Waals surface area contributed by atoms with Crippen LogP contribution in [-0.4, -0.2) is 74.1 Å². The van der Waals surface area contributed by atoms with E-state index in [2.05, 4.69) is 9.97 Å². The van der Waals surface area contributed by atoms with Gasteiger partial charge in [0, 0.05) is 17.7 Å². The Kier molecular flexibility index (Phi) is 6.59. The number of rotatable bonds is 7. The molecule has 0 amide bonds. The first-order chi connectivity index (χ1) is 16.4. The van der Waals surface area contributed by atoms with E-state index in [0.29, 0.717) is 36.2 Å². The molecule has 1 fully saturated rings. The van der Waals surface area contributed by atoms with Crippen molar-refractivity contribution in [3.63, 3.8) is 0 Å². The van der Waals surface area contributed by atoms with Crippen LogP contribution in [0.15, 0.2) is 40.1 Å². The summed E-state index contributed by atoms with van der Waals surface area (Å²) in [5, 5.41) is 22.0. The third-order valence-corrected chi connectivity index (χ3v) is 9.62. The molecule has 0 radical (unpaired) electrons. The lowest BCUT2D eigenvalue weighted by atomic mass is 9.97. The van der Waals surface area contributed by atoms with Gasteiger partial charge in [-0.2, -0.15) is 0 Å². The molecule has 1 aliphatic rings. The number of likely N-dealkylation sites (tertiary alicyclic amines) is 1. The number of sulfonamides is 1. The predicted octanol–water partition coefficient (Wildman–Crippen LogP) is -0.0260. The number of nitrogen functional groups attached to an aromatic ring is 2. The smallest absolute Gasteiger partial charge is 0.240 e. The largest absolute Gasteiger partial charge is 0.395 e. The number of nitrogens with one attached hydrogen (secondary N) is 2. The van der Waals surface area contributed by atoms with E-state index in [-0.39, 0.29) is 36.5 Å². The molecule has 4 rings (SSSR count). The van der Waals surface area contributed by atoms with E-state index in [4.69, 9.17) is 27.1 Å². The lowest BCUT2D eigenvalue weighted by molar-refractivity contribution is 0.174. The number of piperidine rings is 1. The Labute approximate surface area is 202 Å². The number of aromatic nitrogens is 2. The standard InChI is InChI=1S/C21H27N7O5S2/c22-20(23)17-13(14-2-1-3-15-18(14)27-21(24)26-15)4-5-16(19(17)35(25,32)33)34(30,31)12-6-8-28(9-7-12)10-11-29/h1-5,12,29H,6-11H2,(H3,22,23)(H3,24,26,27)(H2,25,32,33). The fourth-order valence-electron chi connectivity index (χ4n) is 4.59. The number of imidazole rings is 1. The van der Waals surface area contributed by atoms with Gasteiger partial charge in [-0.1, -0.05) is 18.2 Å². The number of fused-ring (bicyclic) bond motifs is 1. The van der Waals surface area contributed by atoms with Crippen LogP contribution < -0.4 is 16.6 Å². The first kappa shape index (κ1) is 25.1. The number of primary sulfonamides is 1. The Morgan fingerprint density at radius 1 is 1.14 bits per heavy atom. The Hall–Kier alpha value is -3.04. The van der Waals surface area contributed by atoms with Crippen molar-refractivity contribution in [1.29, 1.82) is 5.41 Å². The fourth-order valence-corrected chi connectivity index (χ4v) is 7.95. The molecular formula is C21H27N7O5S2. The van der Waals surface area contributed by atoms with E-state index >= 15 is 0 Å². The van der Waals surface area contributed by atoms with E-state index in [1.807, 2.05) is 4.90 Å². The number of hydrogen-bond acceptors (Lipinski definition) is 9. The highest BCUT2D eigenvalue weighted by Crippen LogP contribution is 2.38. The Morgan fingerprint density at radius 2 is 1.83 bits per heavy atom. The minimum absolute atomic E-state index is 0.0369. The lowest BCUT2D eigenvalue weighted by Crippen LogP contribution is -2.41. The number of aliphatic hydroxyl groups is 1. The number of nitrogens with two attached hydrogens (primary N) is 3. The average molecular weight is 522 g/mol. The minimum Gasteiger partial charge on any atom is -0.395 e. The number of amidine groups is 1. The lowest BCUT2D eigenvalue weighted by Gasteiger charge is -2.31. The molecule has 0 bridgehead atoms. The van der Waals surface area contributed by atoms with Crippen LogP contribution in [0.2, 0.25) is 0 Å². The second-order valence-electron chi connectivity index (χ2n) is 8.41. The molecule has 14 heteroatoms. The van der Waals surface area contributed by atoms with Crippen LogP contribution in [0.25, 0.3) is 22.2 Å². The Morgan fingerprint density at radius 3 is 2.43 bits per heavy atom. The highest BCUT2D eigenvalue weighted by molar-refractivity contribution is 7.94. The summed E-state index contributed by atoms with van der Waals surface area (Å²) in [6.07, 6.45) is 0.519. The average Bonchev–Trinajstić information content (AvgIpc) is 3.18. The van der Waals surface area contributed by atoms with Crippen molar-refractivity contribution >= 4 is 42.7 Å². The van der Waals surface area contributed by atoms with Gasteiger partial charge in [0.25, 0.3) is 0 Å². The zero-order chi connectivity index (χ0) is 25.5. The third-order valence-electron chi connectivity index (χ3n) is 6.19. The molecule has 1 aliphatic heterocycles. The number of β-amino-alcohol motifs (C(OH)–C–C–N with tert-alkyl or cyclic N) is 1. The molecule has 9 N–H and O–H groups in total. The van der Waals surface area contributed by atoms with Gasteiger partial charge in [0.15, 0.2) is 15.8 Å². The summed E-state index contributed by atoms with van der Waals surface area (Å²) in [7, 11) is -8.78. The summed E-state index contributed by atoms with van der Waals surface area (Å²) >= 11 is 0. The first-order valence-electron chi connectivity index (χ1n) is 10.8. The van der Waals surface area contributed by atoms with Crippen molar-refractivity contribution in [2.45, 2.75) is 27.9 Å². The summed E-state index contributed by atoms with van der Waals surface area (Å²) in [6, 6.07) is 7.66. The number of hydrogen-bond donors (Lipinski definition) is 6. The molecule has 0 spiro atoms. The van der Waals surface area contributed by atoms with E-state index in [1.54, 1.807) is 18.2 Å². The van der Waals surface area contributed by atoms with E-state index in [9.17, 15) is 16.8 Å². The number of H-pyrrole nitrogens is 1. The van der Waals surface area contributed by atoms with Crippen LogP contribution in [0.5, 0.6) is 0 Å². The van der Waals surface area contributed by atoms with Crippen LogP contribution in [0, 0.1) is 5.41 Å².